The first-order valence-corrected chi connectivity index (χ1v) is 11.2. The quantitative estimate of drug-likeness (QED) is 0.470. The van der Waals surface area contributed by atoms with Gasteiger partial charge in [-0.2, -0.15) is 5.26 Å². The van der Waals surface area contributed by atoms with Crippen molar-refractivity contribution in [3.8, 4) is 34.2 Å². The van der Waals surface area contributed by atoms with Crippen molar-refractivity contribution in [1.82, 2.24) is 19.2 Å². The lowest BCUT2D eigenvalue weighted by Gasteiger charge is -2.32. The van der Waals surface area contributed by atoms with Gasteiger partial charge >= 0.3 is 0 Å². The summed E-state index contributed by atoms with van der Waals surface area (Å²) < 4.78 is 7.66. The fraction of sp³-hybridized carbons (Fsp3) is 0.222. The third-order valence-corrected chi connectivity index (χ3v) is 6.37. The number of carbonyl (C=O) groups is 1. The van der Waals surface area contributed by atoms with E-state index < -0.39 is 0 Å². The van der Waals surface area contributed by atoms with E-state index in [9.17, 15) is 4.79 Å². The molecule has 0 unspecified atom stereocenters. The number of amides is 1. The molecule has 0 bridgehead atoms. The Balaban J connectivity index is 1.48. The van der Waals surface area contributed by atoms with Crippen LogP contribution in [0.15, 0.2) is 67.0 Å². The molecule has 170 valence electrons. The van der Waals surface area contributed by atoms with Gasteiger partial charge < -0.3 is 14.5 Å². The Kier molecular flexibility index (Phi) is 5.74. The van der Waals surface area contributed by atoms with Crippen LogP contribution in [0.5, 0.6) is 5.75 Å². The van der Waals surface area contributed by atoms with Crippen LogP contribution in [0.25, 0.3) is 28.0 Å². The lowest BCUT2D eigenvalue weighted by Crippen LogP contribution is -2.47. The van der Waals surface area contributed by atoms with E-state index >= 15 is 0 Å². The maximum Gasteiger partial charge on any atom is 0.257 e. The molecule has 1 aliphatic rings. The van der Waals surface area contributed by atoms with E-state index in [4.69, 9.17) is 10.00 Å². The molecule has 0 aliphatic carbocycles. The van der Waals surface area contributed by atoms with E-state index in [1.54, 1.807) is 19.2 Å². The van der Waals surface area contributed by atoms with Crippen LogP contribution < -0.4 is 4.74 Å². The van der Waals surface area contributed by atoms with Crippen LogP contribution in [0, 0.1) is 11.3 Å². The van der Waals surface area contributed by atoms with Crippen LogP contribution in [0.3, 0.4) is 0 Å². The molecule has 1 saturated heterocycles. The summed E-state index contributed by atoms with van der Waals surface area (Å²) in [4.78, 5) is 21.7. The van der Waals surface area contributed by atoms with Crippen molar-refractivity contribution in [1.29, 1.82) is 5.26 Å². The highest BCUT2D eigenvalue weighted by atomic mass is 16.5. The summed E-state index contributed by atoms with van der Waals surface area (Å²) >= 11 is 0. The third-order valence-electron chi connectivity index (χ3n) is 6.37. The molecule has 0 atom stereocenters. The summed E-state index contributed by atoms with van der Waals surface area (Å²) in [6.45, 7) is 3.18. The highest BCUT2D eigenvalue weighted by Crippen LogP contribution is 2.30. The minimum absolute atomic E-state index is 0.00432. The number of hydrogen-bond donors (Lipinski definition) is 0. The lowest BCUT2D eigenvalue weighted by atomic mass is 10.0. The molecule has 3 heterocycles. The summed E-state index contributed by atoms with van der Waals surface area (Å²) in [5.41, 5.74) is 5.89. The van der Waals surface area contributed by atoms with E-state index in [-0.39, 0.29) is 5.91 Å². The molecule has 1 aliphatic heterocycles. The zero-order chi connectivity index (χ0) is 23.7. The first-order chi connectivity index (χ1) is 16.6. The van der Waals surface area contributed by atoms with Gasteiger partial charge in [0.05, 0.1) is 36.2 Å². The number of methoxy groups -OCH3 is 1. The fourth-order valence-corrected chi connectivity index (χ4v) is 4.31. The average molecular weight is 452 g/mol. The van der Waals surface area contributed by atoms with Crippen molar-refractivity contribution >= 4 is 11.6 Å². The molecular formula is C27H25N5O2. The molecule has 1 fully saturated rings. The highest BCUT2D eigenvalue weighted by Gasteiger charge is 2.23. The predicted molar refractivity (Wildman–Crippen MR) is 131 cm³/mol. The number of benzene rings is 2. The van der Waals surface area contributed by atoms with Crippen LogP contribution in [0.2, 0.25) is 0 Å². The van der Waals surface area contributed by atoms with Crippen molar-refractivity contribution < 1.29 is 9.53 Å². The molecule has 0 radical (unpaired) electrons. The Hall–Kier alpha value is -4.15. The van der Waals surface area contributed by atoms with Gasteiger partial charge in [0.1, 0.15) is 11.4 Å². The second-order valence-electron chi connectivity index (χ2n) is 8.49. The zero-order valence-corrected chi connectivity index (χ0v) is 19.2. The zero-order valence-electron chi connectivity index (χ0n) is 19.2. The van der Waals surface area contributed by atoms with Crippen molar-refractivity contribution in [2.24, 2.45) is 0 Å². The molecule has 0 saturated carbocycles. The molecule has 2 aromatic carbocycles. The number of pyridine rings is 1. The van der Waals surface area contributed by atoms with Crippen molar-refractivity contribution in [2.75, 3.05) is 40.3 Å². The summed E-state index contributed by atoms with van der Waals surface area (Å²) in [6.07, 6.45) is 3.87. The maximum atomic E-state index is 13.1. The van der Waals surface area contributed by atoms with Gasteiger partial charge in [0.25, 0.3) is 5.91 Å². The number of nitriles is 1. The Morgan fingerprint density at radius 2 is 1.68 bits per heavy atom. The molecular weight excluding hydrogens is 426 g/mol. The summed E-state index contributed by atoms with van der Waals surface area (Å²) in [5.74, 6) is 0.573. The minimum Gasteiger partial charge on any atom is -0.496 e. The molecule has 34 heavy (non-hydrogen) atoms. The van der Waals surface area contributed by atoms with Crippen molar-refractivity contribution in [2.45, 2.75) is 0 Å². The van der Waals surface area contributed by atoms with Crippen LogP contribution in [0.1, 0.15) is 15.9 Å². The second kappa shape index (κ2) is 9.00. The maximum absolute atomic E-state index is 13.1. The monoisotopic (exact) mass is 451 g/mol. The van der Waals surface area contributed by atoms with Gasteiger partial charge in [0.2, 0.25) is 0 Å². The normalized spacial score (nSPS) is 14.2. The largest absolute Gasteiger partial charge is 0.496 e. The number of imidazole rings is 1. The van der Waals surface area contributed by atoms with Gasteiger partial charge in [0, 0.05) is 37.9 Å². The molecule has 0 spiro atoms. The minimum atomic E-state index is 0.00432. The van der Waals surface area contributed by atoms with Crippen LogP contribution >= 0.6 is 0 Å². The Labute approximate surface area is 198 Å². The van der Waals surface area contributed by atoms with Gasteiger partial charge in [-0.05, 0) is 54.6 Å². The first kappa shape index (κ1) is 21.7. The molecule has 4 aromatic rings. The number of aromatic nitrogens is 2. The fourth-order valence-electron chi connectivity index (χ4n) is 4.31. The Bertz CT molecular complexity index is 1390. The molecule has 5 rings (SSSR count). The van der Waals surface area contributed by atoms with Crippen molar-refractivity contribution in [3.63, 3.8) is 0 Å². The Morgan fingerprint density at radius 3 is 2.38 bits per heavy atom. The van der Waals surface area contributed by atoms with Crippen LogP contribution in [-0.4, -0.2) is 65.4 Å². The first-order valence-electron chi connectivity index (χ1n) is 11.2. The molecule has 0 N–H and O–H groups in total. The third kappa shape index (κ3) is 4.00. The number of nitrogens with zero attached hydrogens (tertiary/aromatic N) is 5. The lowest BCUT2D eigenvalue weighted by molar-refractivity contribution is 0.0661. The molecule has 1 amide bonds. The number of ether oxygens (including phenoxy) is 1. The van der Waals surface area contributed by atoms with E-state index in [0.717, 1.165) is 54.2 Å². The number of hydrogen-bond acceptors (Lipinski definition) is 5. The Morgan fingerprint density at radius 1 is 0.971 bits per heavy atom. The van der Waals surface area contributed by atoms with Crippen LogP contribution in [0.4, 0.5) is 0 Å². The van der Waals surface area contributed by atoms with Crippen LogP contribution in [-0.2, 0) is 0 Å². The smallest absolute Gasteiger partial charge is 0.257 e. The van der Waals surface area contributed by atoms with Crippen molar-refractivity contribution in [3.05, 3.63) is 78.1 Å². The highest BCUT2D eigenvalue weighted by molar-refractivity contribution is 5.97. The number of likely N-dealkylation sites (N-methyl/N-ethyl adjacent to an activating group) is 1. The predicted octanol–water partition coefficient (Wildman–Crippen LogP) is 3.94. The average Bonchev–Trinajstić information content (AvgIpc) is 3.31. The number of carbonyl (C=O) groups excluding carboxylic acids is 1. The van der Waals surface area contributed by atoms with Gasteiger partial charge in [-0.3, -0.25) is 9.20 Å². The summed E-state index contributed by atoms with van der Waals surface area (Å²) in [6, 6.07) is 19.3. The second-order valence-corrected chi connectivity index (χ2v) is 8.49. The number of fused-ring (bicyclic) bond motifs is 1. The van der Waals surface area contributed by atoms with E-state index in [1.807, 2.05) is 64.2 Å². The SMILES string of the molecule is COc1cc(-c2ccc3ncc(-c4ccc(C#N)cc4)n3c2)ccc1C(=O)N1CCN(C)CC1. The van der Waals surface area contributed by atoms with E-state index in [0.29, 0.717) is 16.9 Å². The number of rotatable bonds is 4. The van der Waals surface area contributed by atoms with Gasteiger partial charge in [-0.1, -0.05) is 18.2 Å². The molecule has 2 aromatic heterocycles. The van der Waals surface area contributed by atoms with E-state index in [2.05, 4.69) is 23.0 Å². The summed E-state index contributed by atoms with van der Waals surface area (Å²) in [7, 11) is 3.67. The topological polar surface area (TPSA) is 73.9 Å². The number of piperazine rings is 1. The summed E-state index contributed by atoms with van der Waals surface area (Å²) in [5, 5.41) is 9.07. The molecule has 7 heteroatoms. The van der Waals surface area contributed by atoms with Gasteiger partial charge in [-0.25, -0.2) is 4.98 Å². The molecule has 7 nitrogen and oxygen atoms in total. The van der Waals surface area contributed by atoms with Gasteiger partial charge in [0.15, 0.2) is 0 Å². The van der Waals surface area contributed by atoms with E-state index in [1.165, 1.54) is 0 Å². The van der Waals surface area contributed by atoms with Gasteiger partial charge in [-0.15, -0.1) is 0 Å². The standard InChI is InChI=1S/C27H25N5O2/c1-30-11-13-31(14-12-30)27(33)23-9-7-21(15-25(23)34-2)22-8-10-26-29-17-24(32(26)18-22)20-5-3-19(16-28)4-6-20/h3-10,15,17-18H,11-14H2,1-2H3.